The zero-order valence-corrected chi connectivity index (χ0v) is 12.4. The Balaban J connectivity index is 1.54. The van der Waals surface area contributed by atoms with Crippen molar-refractivity contribution < 1.29 is 0 Å². The fourth-order valence-corrected chi connectivity index (χ4v) is 3.66. The van der Waals surface area contributed by atoms with E-state index >= 15 is 0 Å². The number of nitrogens with zero attached hydrogens (tertiary/aromatic N) is 1. The first-order chi connectivity index (χ1) is 9.15. The maximum absolute atomic E-state index is 3.84. The highest BCUT2D eigenvalue weighted by Gasteiger charge is 2.31. The van der Waals surface area contributed by atoms with Crippen LogP contribution in [0.1, 0.15) is 37.3 Å². The molecule has 0 saturated carbocycles. The van der Waals surface area contributed by atoms with Crippen LogP contribution in [0, 0.1) is 5.92 Å². The number of benzene rings is 1. The third-order valence-corrected chi connectivity index (χ3v) is 5.20. The maximum atomic E-state index is 3.84. The van der Waals surface area contributed by atoms with E-state index < -0.39 is 0 Å². The molecule has 1 aromatic carbocycles. The largest absolute Gasteiger partial charge is 0.313 e. The molecule has 1 N–H and O–H groups in total. The van der Waals surface area contributed by atoms with E-state index in [4.69, 9.17) is 0 Å². The summed E-state index contributed by atoms with van der Waals surface area (Å²) in [6, 6.07) is 10.3. The van der Waals surface area contributed by atoms with Crippen LogP contribution in [0.15, 0.2) is 24.3 Å². The van der Waals surface area contributed by atoms with Gasteiger partial charge in [0.25, 0.3) is 0 Å². The normalized spacial score (nSPS) is 34.7. The molecule has 2 nitrogen and oxygen atoms in total. The highest BCUT2D eigenvalue weighted by Crippen LogP contribution is 2.34. The van der Waals surface area contributed by atoms with Gasteiger partial charge in [-0.05, 0) is 43.9 Å². The van der Waals surface area contributed by atoms with Crippen molar-refractivity contribution in [1.82, 2.24) is 10.2 Å². The molecule has 0 radical (unpaired) electrons. The molecule has 1 aliphatic carbocycles. The molecular formula is C17H26N2. The topological polar surface area (TPSA) is 15.3 Å². The first-order valence-corrected chi connectivity index (χ1v) is 7.66. The molecule has 19 heavy (non-hydrogen) atoms. The van der Waals surface area contributed by atoms with E-state index in [1.165, 1.54) is 19.4 Å². The highest BCUT2D eigenvalue weighted by molar-refractivity contribution is 5.40. The van der Waals surface area contributed by atoms with Crippen molar-refractivity contribution in [2.45, 2.75) is 44.7 Å². The van der Waals surface area contributed by atoms with Crippen LogP contribution in [-0.2, 0) is 6.42 Å². The molecule has 0 aromatic heterocycles. The van der Waals surface area contributed by atoms with E-state index in [1.54, 1.807) is 11.1 Å². The Morgan fingerprint density at radius 1 is 1.26 bits per heavy atom. The molecule has 4 unspecified atom stereocenters. The minimum absolute atomic E-state index is 0.693. The van der Waals surface area contributed by atoms with Crippen molar-refractivity contribution in [3.8, 4) is 0 Å². The van der Waals surface area contributed by atoms with Crippen molar-refractivity contribution >= 4 is 0 Å². The summed E-state index contributed by atoms with van der Waals surface area (Å²) in [5.74, 6) is 1.51. The second-order valence-corrected chi connectivity index (χ2v) is 6.62. The molecule has 1 fully saturated rings. The average molecular weight is 258 g/mol. The minimum atomic E-state index is 0.693. The molecule has 2 heteroatoms. The molecule has 4 atom stereocenters. The zero-order valence-electron chi connectivity index (χ0n) is 12.4. The van der Waals surface area contributed by atoms with Gasteiger partial charge < -0.3 is 10.2 Å². The van der Waals surface area contributed by atoms with Gasteiger partial charge in [0.2, 0.25) is 0 Å². The molecule has 1 aliphatic heterocycles. The average Bonchev–Trinajstić information content (AvgIpc) is 2.36. The molecule has 1 heterocycles. The summed E-state index contributed by atoms with van der Waals surface area (Å²) in [6.07, 6.45) is 2.55. The number of likely N-dealkylation sites (tertiary alicyclic amines) is 1. The number of fused-ring (bicyclic) bond motifs is 1. The lowest BCUT2D eigenvalue weighted by molar-refractivity contribution is 0.120. The van der Waals surface area contributed by atoms with Crippen molar-refractivity contribution in [3.05, 3.63) is 35.4 Å². The Bertz CT molecular complexity index is 443. The predicted molar refractivity (Wildman–Crippen MR) is 80.6 cm³/mol. The number of hydrogen-bond donors (Lipinski definition) is 1. The van der Waals surface area contributed by atoms with Gasteiger partial charge in [-0.3, -0.25) is 0 Å². The summed E-state index contributed by atoms with van der Waals surface area (Å²) in [5.41, 5.74) is 3.13. The van der Waals surface area contributed by atoms with Gasteiger partial charge in [-0.25, -0.2) is 0 Å². The van der Waals surface area contributed by atoms with Gasteiger partial charge in [0, 0.05) is 31.1 Å². The van der Waals surface area contributed by atoms with E-state index in [0.29, 0.717) is 12.1 Å². The smallest absolute Gasteiger partial charge is 0.0120 e. The minimum Gasteiger partial charge on any atom is -0.313 e. The van der Waals surface area contributed by atoms with Crippen molar-refractivity contribution in [2.75, 3.05) is 20.1 Å². The molecule has 2 aliphatic rings. The van der Waals surface area contributed by atoms with Crippen LogP contribution in [0.2, 0.25) is 0 Å². The van der Waals surface area contributed by atoms with Gasteiger partial charge in [-0.2, -0.15) is 0 Å². The van der Waals surface area contributed by atoms with E-state index in [-0.39, 0.29) is 0 Å². The van der Waals surface area contributed by atoms with Gasteiger partial charge in [-0.1, -0.05) is 31.2 Å². The highest BCUT2D eigenvalue weighted by atomic mass is 15.2. The Labute approximate surface area is 117 Å². The number of hydrogen-bond acceptors (Lipinski definition) is 2. The fraction of sp³-hybridized carbons (Fsp3) is 0.647. The summed E-state index contributed by atoms with van der Waals surface area (Å²) in [6.45, 7) is 7.11. The SMILES string of the molecule is CC1CN(C)C(C)CC1NCC1Cc2ccccc21. The molecule has 0 spiro atoms. The molecule has 1 aromatic rings. The molecular weight excluding hydrogens is 232 g/mol. The molecule has 0 bridgehead atoms. The van der Waals surface area contributed by atoms with Crippen LogP contribution in [0.5, 0.6) is 0 Å². The molecule has 104 valence electrons. The zero-order chi connectivity index (χ0) is 13.4. The Morgan fingerprint density at radius 3 is 2.84 bits per heavy atom. The Kier molecular flexibility index (Phi) is 3.64. The second kappa shape index (κ2) is 5.26. The quantitative estimate of drug-likeness (QED) is 0.896. The predicted octanol–water partition coefficient (Wildman–Crippen LogP) is 2.64. The third-order valence-electron chi connectivity index (χ3n) is 5.20. The van der Waals surface area contributed by atoms with Crippen LogP contribution in [-0.4, -0.2) is 37.1 Å². The van der Waals surface area contributed by atoms with Crippen LogP contribution in [0.3, 0.4) is 0 Å². The van der Waals surface area contributed by atoms with Gasteiger partial charge in [0.15, 0.2) is 0 Å². The standard InChI is InChI=1S/C17H26N2/c1-12-11-19(3)13(2)8-17(12)18-10-15-9-14-6-4-5-7-16(14)15/h4-7,12-13,15,17-18H,8-11H2,1-3H3. The van der Waals surface area contributed by atoms with E-state index in [0.717, 1.165) is 18.4 Å². The van der Waals surface area contributed by atoms with Crippen LogP contribution in [0.4, 0.5) is 0 Å². The summed E-state index contributed by atoms with van der Waals surface area (Å²) in [7, 11) is 2.25. The first-order valence-electron chi connectivity index (χ1n) is 7.66. The second-order valence-electron chi connectivity index (χ2n) is 6.62. The van der Waals surface area contributed by atoms with E-state index in [9.17, 15) is 0 Å². The van der Waals surface area contributed by atoms with Crippen molar-refractivity contribution in [2.24, 2.45) is 5.92 Å². The summed E-state index contributed by atoms with van der Waals surface area (Å²) in [5, 5.41) is 3.84. The van der Waals surface area contributed by atoms with E-state index in [1.807, 2.05) is 0 Å². The van der Waals surface area contributed by atoms with Gasteiger partial charge in [-0.15, -0.1) is 0 Å². The van der Waals surface area contributed by atoms with Gasteiger partial charge in [0.05, 0.1) is 0 Å². The maximum Gasteiger partial charge on any atom is 0.0120 e. The first kappa shape index (κ1) is 13.1. The lowest BCUT2D eigenvalue weighted by Gasteiger charge is -2.41. The number of rotatable bonds is 3. The monoisotopic (exact) mass is 258 g/mol. The molecule has 3 rings (SSSR count). The summed E-state index contributed by atoms with van der Waals surface area (Å²) < 4.78 is 0. The molecule has 0 amide bonds. The van der Waals surface area contributed by atoms with Gasteiger partial charge >= 0.3 is 0 Å². The summed E-state index contributed by atoms with van der Waals surface area (Å²) >= 11 is 0. The molecule has 1 saturated heterocycles. The van der Waals surface area contributed by atoms with Crippen molar-refractivity contribution in [3.63, 3.8) is 0 Å². The van der Waals surface area contributed by atoms with E-state index in [2.05, 4.69) is 55.4 Å². The van der Waals surface area contributed by atoms with Crippen LogP contribution < -0.4 is 5.32 Å². The fourth-order valence-electron chi connectivity index (χ4n) is 3.66. The van der Waals surface area contributed by atoms with Gasteiger partial charge in [0.1, 0.15) is 0 Å². The summed E-state index contributed by atoms with van der Waals surface area (Å²) in [4.78, 5) is 2.49. The van der Waals surface area contributed by atoms with Crippen LogP contribution in [0.25, 0.3) is 0 Å². The third kappa shape index (κ3) is 2.56. The number of piperidine rings is 1. The van der Waals surface area contributed by atoms with Crippen molar-refractivity contribution in [1.29, 1.82) is 0 Å². The Hall–Kier alpha value is -0.860. The lowest BCUT2D eigenvalue weighted by atomic mass is 9.77. The lowest BCUT2D eigenvalue weighted by Crippen LogP contribution is -2.51. The number of nitrogens with one attached hydrogen (secondary N) is 1. The van der Waals surface area contributed by atoms with Crippen LogP contribution >= 0.6 is 0 Å². The Morgan fingerprint density at radius 2 is 2.05 bits per heavy atom.